The molecule has 3 heterocycles. The lowest BCUT2D eigenvalue weighted by molar-refractivity contribution is 0.0554. The molecule has 1 aliphatic rings. The van der Waals surface area contributed by atoms with E-state index in [2.05, 4.69) is 15.2 Å². The van der Waals surface area contributed by atoms with Crippen molar-refractivity contribution < 1.29 is 18.4 Å². The van der Waals surface area contributed by atoms with Crippen LogP contribution in [0.4, 0.5) is 4.39 Å². The lowest BCUT2D eigenvalue weighted by Crippen LogP contribution is -2.39. The molecule has 4 rings (SSSR count). The highest BCUT2D eigenvalue weighted by Crippen LogP contribution is 2.31. The summed E-state index contributed by atoms with van der Waals surface area (Å²) < 4.78 is 25.7. The summed E-state index contributed by atoms with van der Waals surface area (Å²) in [6.45, 7) is 3.66. The normalized spacial score (nSPS) is 16.6. The van der Waals surface area contributed by atoms with Gasteiger partial charge in [-0.05, 0) is 56.5 Å². The molecule has 0 aliphatic carbocycles. The van der Waals surface area contributed by atoms with Gasteiger partial charge >= 0.3 is 0 Å². The number of aromatic nitrogens is 4. The van der Waals surface area contributed by atoms with Crippen molar-refractivity contribution in [3.05, 3.63) is 59.8 Å². The molecule has 3 aromatic rings. The Hall–Kier alpha value is -3.23. The molecule has 1 amide bonds. The van der Waals surface area contributed by atoms with E-state index in [9.17, 15) is 9.18 Å². The van der Waals surface area contributed by atoms with Crippen molar-refractivity contribution in [2.75, 3.05) is 13.2 Å². The number of carbonyl (C=O) groups excluding carboxylic acids is 1. The standard InChI is InChI=1S/C21H24FN5O3/c1-2-26-13-10-17(24-26)21(28)27-12-4-3-5-18(27)20-23-19(25-30-20)11-14-29-16-8-6-15(22)7-9-16/h6-10,13,18H,2-5,11-12,14H2,1H3. The summed E-state index contributed by atoms with van der Waals surface area (Å²) in [7, 11) is 0. The summed E-state index contributed by atoms with van der Waals surface area (Å²) in [5, 5.41) is 8.37. The van der Waals surface area contributed by atoms with E-state index in [1.54, 1.807) is 34.0 Å². The van der Waals surface area contributed by atoms with Crippen molar-refractivity contribution in [2.24, 2.45) is 0 Å². The maximum absolute atomic E-state index is 13.0. The smallest absolute Gasteiger partial charge is 0.275 e. The summed E-state index contributed by atoms with van der Waals surface area (Å²) in [6, 6.07) is 7.33. The van der Waals surface area contributed by atoms with E-state index in [0.717, 1.165) is 19.3 Å². The van der Waals surface area contributed by atoms with Crippen molar-refractivity contribution in [2.45, 2.75) is 45.2 Å². The molecule has 0 radical (unpaired) electrons. The second kappa shape index (κ2) is 9.06. The van der Waals surface area contributed by atoms with Crippen molar-refractivity contribution in [1.82, 2.24) is 24.8 Å². The number of likely N-dealkylation sites (tertiary alicyclic amines) is 1. The third-order valence-electron chi connectivity index (χ3n) is 5.12. The first kappa shape index (κ1) is 20.1. The van der Waals surface area contributed by atoms with Gasteiger partial charge in [0.05, 0.1) is 6.61 Å². The molecule has 1 fully saturated rings. The second-order valence-corrected chi connectivity index (χ2v) is 7.17. The number of amides is 1. The quantitative estimate of drug-likeness (QED) is 0.590. The van der Waals surface area contributed by atoms with Crippen LogP contribution < -0.4 is 4.74 Å². The molecule has 1 saturated heterocycles. The Labute approximate surface area is 173 Å². The van der Waals surface area contributed by atoms with Crippen molar-refractivity contribution in [3.63, 3.8) is 0 Å². The van der Waals surface area contributed by atoms with Crippen LogP contribution in [0.3, 0.4) is 0 Å². The van der Waals surface area contributed by atoms with Crippen LogP contribution in [0.5, 0.6) is 5.75 Å². The Morgan fingerprint density at radius 2 is 2.10 bits per heavy atom. The predicted octanol–water partition coefficient (Wildman–Crippen LogP) is 3.41. The molecule has 158 valence electrons. The fraction of sp³-hybridized carbons (Fsp3) is 0.429. The van der Waals surface area contributed by atoms with Crippen LogP contribution in [0.25, 0.3) is 0 Å². The Kier molecular flexibility index (Phi) is 6.06. The number of carbonyl (C=O) groups is 1. The zero-order valence-electron chi connectivity index (χ0n) is 16.8. The lowest BCUT2D eigenvalue weighted by Gasteiger charge is -2.32. The maximum atomic E-state index is 13.0. The summed E-state index contributed by atoms with van der Waals surface area (Å²) in [6.07, 6.45) is 4.95. The highest BCUT2D eigenvalue weighted by molar-refractivity contribution is 5.92. The van der Waals surface area contributed by atoms with E-state index < -0.39 is 0 Å². The van der Waals surface area contributed by atoms with Gasteiger partial charge in [-0.3, -0.25) is 9.48 Å². The molecule has 1 aliphatic heterocycles. The lowest BCUT2D eigenvalue weighted by atomic mass is 10.0. The Bertz CT molecular complexity index is 985. The number of aryl methyl sites for hydroxylation is 1. The Morgan fingerprint density at radius 1 is 1.27 bits per heavy atom. The molecule has 0 spiro atoms. The van der Waals surface area contributed by atoms with Gasteiger partial charge in [-0.15, -0.1) is 0 Å². The first-order valence-corrected chi connectivity index (χ1v) is 10.2. The first-order chi connectivity index (χ1) is 14.6. The summed E-state index contributed by atoms with van der Waals surface area (Å²) in [5.74, 6) is 1.11. The molecule has 30 heavy (non-hydrogen) atoms. The number of rotatable bonds is 7. The van der Waals surface area contributed by atoms with Gasteiger partial charge in [0.1, 0.15) is 23.3 Å². The predicted molar refractivity (Wildman–Crippen MR) is 105 cm³/mol. The van der Waals surface area contributed by atoms with Crippen molar-refractivity contribution in [1.29, 1.82) is 0 Å². The fourth-order valence-corrected chi connectivity index (χ4v) is 3.53. The van der Waals surface area contributed by atoms with Gasteiger partial charge in [0.2, 0.25) is 5.89 Å². The summed E-state index contributed by atoms with van der Waals surface area (Å²) in [5.41, 5.74) is 0.427. The largest absolute Gasteiger partial charge is 0.493 e. The summed E-state index contributed by atoms with van der Waals surface area (Å²) in [4.78, 5) is 19.3. The summed E-state index contributed by atoms with van der Waals surface area (Å²) >= 11 is 0. The van der Waals surface area contributed by atoms with Gasteiger partial charge < -0.3 is 14.2 Å². The minimum atomic E-state index is -0.307. The molecule has 2 aromatic heterocycles. The van der Waals surface area contributed by atoms with E-state index in [-0.39, 0.29) is 17.8 Å². The third kappa shape index (κ3) is 4.50. The van der Waals surface area contributed by atoms with E-state index >= 15 is 0 Å². The third-order valence-corrected chi connectivity index (χ3v) is 5.12. The molecular formula is C21H24FN5O3. The number of halogens is 1. The van der Waals surface area contributed by atoms with Gasteiger partial charge in [-0.2, -0.15) is 10.1 Å². The molecule has 1 unspecified atom stereocenters. The average molecular weight is 413 g/mol. The number of nitrogens with zero attached hydrogens (tertiary/aromatic N) is 5. The van der Waals surface area contributed by atoms with Crippen molar-refractivity contribution in [3.8, 4) is 5.75 Å². The van der Waals surface area contributed by atoms with Crippen LogP contribution in [0.2, 0.25) is 0 Å². The number of hydrogen-bond donors (Lipinski definition) is 0. The average Bonchev–Trinajstić information content (AvgIpc) is 3.44. The van der Waals surface area contributed by atoms with Crippen LogP contribution in [-0.2, 0) is 13.0 Å². The maximum Gasteiger partial charge on any atom is 0.275 e. The Balaban J connectivity index is 1.40. The highest BCUT2D eigenvalue weighted by atomic mass is 19.1. The van der Waals surface area contributed by atoms with E-state index in [0.29, 0.717) is 49.3 Å². The molecule has 0 bridgehead atoms. The molecule has 0 saturated carbocycles. The van der Waals surface area contributed by atoms with Crippen LogP contribution in [0.15, 0.2) is 41.1 Å². The van der Waals surface area contributed by atoms with E-state index in [4.69, 9.17) is 9.26 Å². The number of hydrogen-bond acceptors (Lipinski definition) is 6. The number of piperidine rings is 1. The first-order valence-electron chi connectivity index (χ1n) is 10.2. The van der Waals surface area contributed by atoms with Crippen molar-refractivity contribution >= 4 is 5.91 Å². The van der Waals surface area contributed by atoms with Crippen LogP contribution in [0, 0.1) is 5.82 Å². The van der Waals surface area contributed by atoms with Crippen LogP contribution in [-0.4, -0.2) is 43.9 Å². The zero-order valence-corrected chi connectivity index (χ0v) is 16.8. The molecule has 0 N–H and O–H groups in total. The van der Waals surface area contributed by atoms with E-state index in [1.165, 1.54) is 12.1 Å². The number of benzene rings is 1. The second-order valence-electron chi connectivity index (χ2n) is 7.17. The molecule has 8 nitrogen and oxygen atoms in total. The van der Waals surface area contributed by atoms with Gasteiger partial charge in [0, 0.05) is 25.7 Å². The van der Waals surface area contributed by atoms with E-state index in [1.807, 2.05) is 6.92 Å². The van der Waals surface area contributed by atoms with Crippen LogP contribution in [0.1, 0.15) is 54.4 Å². The fourth-order valence-electron chi connectivity index (χ4n) is 3.53. The van der Waals surface area contributed by atoms with Gasteiger partial charge in [-0.1, -0.05) is 5.16 Å². The minimum absolute atomic E-state index is 0.119. The number of ether oxygens (including phenoxy) is 1. The minimum Gasteiger partial charge on any atom is -0.493 e. The zero-order chi connectivity index (χ0) is 20.9. The molecule has 1 atom stereocenters. The Morgan fingerprint density at radius 3 is 2.87 bits per heavy atom. The van der Waals surface area contributed by atoms with Gasteiger partial charge in [0.15, 0.2) is 5.82 Å². The molecule has 1 aromatic carbocycles. The van der Waals surface area contributed by atoms with Gasteiger partial charge in [0.25, 0.3) is 5.91 Å². The SMILES string of the molecule is CCn1ccc(C(=O)N2CCCCC2c2nc(CCOc3ccc(F)cc3)no2)n1. The molecular weight excluding hydrogens is 389 g/mol. The topological polar surface area (TPSA) is 86.3 Å². The van der Waals surface area contributed by atoms with Crippen LogP contribution >= 0.6 is 0 Å². The van der Waals surface area contributed by atoms with Gasteiger partial charge in [-0.25, -0.2) is 4.39 Å². The monoisotopic (exact) mass is 413 g/mol. The molecule has 9 heteroatoms. The highest BCUT2D eigenvalue weighted by Gasteiger charge is 2.33.